The summed E-state index contributed by atoms with van der Waals surface area (Å²) >= 11 is 0. The van der Waals surface area contributed by atoms with Gasteiger partial charge in [-0.2, -0.15) is 0 Å². The van der Waals surface area contributed by atoms with Crippen LogP contribution < -0.4 is 9.64 Å². The highest BCUT2D eigenvalue weighted by atomic mass is 16.5. The normalized spacial score (nSPS) is 20.2. The van der Waals surface area contributed by atoms with Crippen LogP contribution in [0, 0.1) is 5.92 Å². The topological polar surface area (TPSA) is 48.9 Å². The molecule has 1 amide bonds. The van der Waals surface area contributed by atoms with Crippen LogP contribution in [-0.4, -0.2) is 73.6 Å². The van der Waals surface area contributed by atoms with Crippen molar-refractivity contribution in [2.45, 2.75) is 19.8 Å². The number of hydrogen-bond acceptors (Lipinski definition) is 5. The van der Waals surface area contributed by atoms with Gasteiger partial charge in [0.2, 0.25) is 5.91 Å². The van der Waals surface area contributed by atoms with Gasteiger partial charge in [-0.05, 0) is 18.8 Å². The lowest BCUT2D eigenvalue weighted by atomic mass is 9.99. The SMILES string of the molecule is COc1cncc(N2CCN(CC(=O)N3CCC(C)CC3)CC2)c1. The first-order valence-corrected chi connectivity index (χ1v) is 8.90. The van der Waals surface area contributed by atoms with Gasteiger partial charge in [-0.3, -0.25) is 14.7 Å². The summed E-state index contributed by atoms with van der Waals surface area (Å²) in [4.78, 5) is 23.3. The number of nitrogens with zero attached hydrogens (tertiary/aromatic N) is 4. The minimum absolute atomic E-state index is 0.290. The molecular weight excluding hydrogens is 304 g/mol. The van der Waals surface area contributed by atoms with Crippen LogP contribution in [0.5, 0.6) is 5.75 Å². The minimum atomic E-state index is 0.290. The summed E-state index contributed by atoms with van der Waals surface area (Å²) in [5, 5.41) is 0. The van der Waals surface area contributed by atoms with E-state index in [9.17, 15) is 4.79 Å². The van der Waals surface area contributed by atoms with Gasteiger partial charge in [-0.15, -0.1) is 0 Å². The van der Waals surface area contributed by atoms with Crippen LogP contribution in [0.25, 0.3) is 0 Å². The third-order valence-corrected chi connectivity index (χ3v) is 5.17. The summed E-state index contributed by atoms with van der Waals surface area (Å²) in [5.74, 6) is 1.83. The number of rotatable bonds is 4. The summed E-state index contributed by atoms with van der Waals surface area (Å²) in [5.41, 5.74) is 1.09. The maximum Gasteiger partial charge on any atom is 0.236 e. The molecule has 1 aromatic rings. The molecule has 2 aliphatic rings. The Hall–Kier alpha value is -1.82. The van der Waals surface area contributed by atoms with Crippen LogP contribution in [0.1, 0.15) is 19.8 Å². The van der Waals surface area contributed by atoms with Gasteiger partial charge in [-0.25, -0.2) is 0 Å². The average molecular weight is 332 g/mol. The molecule has 6 nitrogen and oxygen atoms in total. The van der Waals surface area contributed by atoms with E-state index in [0.29, 0.717) is 12.5 Å². The highest BCUT2D eigenvalue weighted by molar-refractivity contribution is 5.78. The van der Waals surface area contributed by atoms with Crippen molar-refractivity contribution in [1.29, 1.82) is 0 Å². The van der Waals surface area contributed by atoms with E-state index in [4.69, 9.17) is 4.74 Å². The van der Waals surface area contributed by atoms with Crippen LogP contribution in [-0.2, 0) is 4.79 Å². The molecule has 2 aliphatic heterocycles. The number of aromatic nitrogens is 1. The summed E-state index contributed by atoms with van der Waals surface area (Å²) in [6.45, 7) is 8.33. The van der Waals surface area contributed by atoms with Gasteiger partial charge in [0.15, 0.2) is 0 Å². The van der Waals surface area contributed by atoms with E-state index in [1.165, 1.54) is 0 Å². The fourth-order valence-corrected chi connectivity index (χ4v) is 3.41. The Kier molecular flexibility index (Phi) is 5.56. The predicted octanol–water partition coefficient (Wildman–Crippen LogP) is 1.47. The minimum Gasteiger partial charge on any atom is -0.495 e. The Labute approximate surface area is 144 Å². The third kappa shape index (κ3) is 4.17. The number of carbonyl (C=O) groups excluding carboxylic acids is 1. The molecular formula is C18H28N4O2. The van der Waals surface area contributed by atoms with Crippen molar-refractivity contribution in [3.8, 4) is 5.75 Å². The molecule has 3 heterocycles. The number of amides is 1. The second kappa shape index (κ2) is 7.83. The zero-order valence-electron chi connectivity index (χ0n) is 14.8. The van der Waals surface area contributed by atoms with E-state index in [1.807, 2.05) is 17.2 Å². The second-order valence-corrected chi connectivity index (χ2v) is 6.91. The molecule has 1 aromatic heterocycles. The van der Waals surface area contributed by atoms with Crippen molar-refractivity contribution >= 4 is 11.6 Å². The summed E-state index contributed by atoms with van der Waals surface area (Å²) in [6.07, 6.45) is 5.88. The fraction of sp³-hybridized carbons (Fsp3) is 0.667. The van der Waals surface area contributed by atoms with Crippen molar-refractivity contribution in [3.05, 3.63) is 18.5 Å². The quantitative estimate of drug-likeness (QED) is 0.836. The van der Waals surface area contributed by atoms with Gasteiger partial charge in [0.1, 0.15) is 5.75 Å². The highest BCUT2D eigenvalue weighted by Crippen LogP contribution is 2.21. The smallest absolute Gasteiger partial charge is 0.236 e. The first kappa shape index (κ1) is 17.0. The third-order valence-electron chi connectivity index (χ3n) is 5.17. The zero-order valence-corrected chi connectivity index (χ0v) is 14.8. The first-order valence-electron chi connectivity index (χ1n) is 8.90. The molecule has 0 saturated carbocycles. The Morgan fingerprint density at radius 1 is 1.17 bits per heavy atom. The molecule has 0 N–H and O–H groups in total. The summed E-state index contributed by atoms with van der Waals surface area (Å²) in [7, 11) is 1.66. The van der Waals surface area contributed by atoms with Crippen LogP contribution in [0.4, 0.5) is 5.69 Å². The maximum atomic E-state index is 12.5. The van der Waals surface area contributed by atoms with Crippen LogP contribution >= 0.6 is 0 Å². The van der Waals surface area contributed by atoms with Crippen molar-refractivity contribution in [1.82, 2.24) is 14.8 Å². The average Bonchev–Trinajstić information content (AvgIpc) is 2.63. The Morgan fingerprint density at radius 2 is 1.88 bits per heavy atom. The van der Waals surface area contributed by atoms with Crippen LogP contribution in [0.3, 0.4) is 0 Å². The second-order valence-electron chi connectivity index (χ2n) is 6.91. The molecule has 0 aromatic carbocycles. The number of piperidine rings is 1. The molecule has 0 radical (unpaired) electrons. The van der Waals surface area contributed by atoms with Gasteiger partial charge in [0, 0.05) is 45.3 Å². The van der Waals surface area contributed by atoms with Crippen molar-refractivity contribution in [3.63, 3.8) is 0 Å². The number of piperazine rings is 1. The standard InChI is InChI=1S/C18H28N4O2/c1-15-3-5-22(6-4-15)18(23)14-20-7-9-21(10-8-20)16-11-17(24-2)13-19-12-16/h11-13,15H,3-10,14H2,1-2H3. The molecule has 0 aliphatic carbocycles. The largest absolute Gasteiger partial charge is 0.495 e. The first-order chi connectivity index (χ1) is 11.7. The molecule has 3 rings (SSSR count). The van der Waals surface area contributed by atoms with Crippen LogP contribution in [0.2, 0.25) is 0 Å². The lowest BCUT2D eigenvalue weighted by Crippen LogP contribution is -2.51. The highest BCUT2D eigenvalue weighted by Gasteiger charge is 2.24. The summed E-state index contributed by atoms with van der Waals surface area (Å²) in [6, 6.07) is 2.02. The molecule has 0 bridgehead atoms. The molecule has 6 heteroatoms. The number of pyridine rings is 1. The Morgan fingerprint density at radius 3 is 2.54 bits per heavy atom. The molecule has 0 atom stereocenters. The number of carbonyl (C=O) groups is 1. The monoisotopic (exact) mass is 332 g/mol. The van der Waals surface area contributed by atoms with Crippen LogP contribution in [0.15, 0.2) is 18.5 Å². The number of ether oxygens (including phenoxy) is 1. The fourth-order valence-electron chi connectivity index (χ4n) is 3.41. The van der Waals surface area contributed by atoms with Gasteiger partial charge in [0.25, 0.3) is 0 Å². The Balaban J connectivity index is 1.47. The van der Waals surface area contributed by atoms with Crippen molar-refractivity contribution < 1.29 is 9.53 Å². The number of likely N-dealkylation sites (tertiary alicyclic amines) is 1. The van der Waals surface area contributed by atoms with Gasteiger partial charge >= 0.3 is 0 Å². The lowest BCUT2D eigenvalue weighted by molar-refractivity contribution is -0.133. The van der Waals surface area contributed by atoms with Gasteiger partial charge in [-0.1, -0.05) is 6.92 Å². The van der Waals surface area contributed by atoms with Gasteiger partial charge in [0.05, 0.1) is 31.7 Å². The number of hydrogen-bond donors (Lipinski definition) is 0. The van der Waals surface area contributed by atoms with E-state index >= 15 is 0 Å². The maximum absolute atomic E-state index is 12.5. The van der Waals surface area contributed by atoms with E-state index in [0.717, 1.165) is 69.5 Å². The molecule has 0 spiro atoms. The van der Waals surface area contributed by atoms with E-state index < -0.39 is 0 Å². The molecule has 2 saturated heterocycles. The Bertz CT molecular complexity index is 550. The molecule has 132 valence electrons. The van der Waals surface area contributed by atoms with E-state index in [-0.39, 0.29) is 0 Å². The molecule has 24 heavy (non-hydrogen) atoms. The van der Waals surface area contributed by atoms with Crippen molar-refractivity contribution in [2.75, 3.05) is 57.8 Å². The molecule has 2 fully saturated rings. The summed E-state index contributed by atoms with van der Waals surface area (Å²) < 4.78 is 5.24. The van der Waals surface area contributed by atoms with Gasteiger partial charge < -0.3 is 14.5 Å². The zero-order chi connectivity index (χ0) is 16.9. The molecule has 0 unspecified atom stereocenters. The van der Waals surface area contributed by atoms with E-state index in [1.54, 1.807) is 13.3 Å². The van der Waals surface area contributed by atoms with Crippen molar-refractivity contribution in [2.24, 2.45) is 5.92 Å². The predicted molar refractivity (Wildman–Crippen MR) is 94.4 cm³/mol. The van der Waals surface area contributed by atoms with E-state index in [2.05, 4.69) is 21.7 Å². The lowest BCUT2D eigenvalue weighted by Gasteiger charge is -2.37. The number of anilines is 1. The number of methoxy groups -OCH3 is 1.